The van der Waals surface area contributed by atoms with Crippen molar-refractivity contribution in [1.29, 1.82) is 0 Å². The molecule has 0 saturated heterocycles. The molecule has 0 atom stereocenters. The molecule has 1 rings (SSSR count). The van der Waals surface area contributed by atoms with Gasteiger partial charge in [0.15, 0.2) is 5.82 Å². The predicted octanol–water partition coefficient (Wildman–Crippen LogP) is 3.09. The normalized spacial score (nSPS) is 10.7. The van der Waals surface area contributed by atoms with E-state index < -0.39 is 0 Å². The van der Waals surface area contributed by atoms with Crippen LogP contribution >= 0.6 is 11.6 Å². The molecule has 0 aliphatic heterocycles. The summed E-state index contributed by atoms with van der Waals surface area (Å²) in [6.45, 7) is 3.13. The van der Waals surface area contributed by atoms with Gasteiger partial charge in [0.25, 0.3) is 0 Å². The molecule has 0 fully saturated rings. The van der Waals surface area contributed by atoms with Gasteiger partial charge in [-0.2, -0.15) is 5.10 Å². The molecular weight excluding hydrogens is 198 g/mol. The summed E-state index contributed by atoms with van der Waals surface area (Å²) in [5.74, 6) is 0.431. The summed E-state index contributed by atoms with van der Waals surface area (Å²) in [4.78, 5) is 0. The van der Waals surface area contributed by atoms with Crippen molar-refractivity contribution in [3.05, 3.63) is 11.2 Å². The first-order valence-electron chi connectivity index (χ1n) is 5.22. The minimum atomic E-state index is 0.431. The maximum absolute atomic E-state index is 5.78. The second kappa shape index (κ2) is 5.91. The number of hydrogen-bond donors (Lipinski definition) is 1. The molecule has 0 unspecified atom stereocenters. The number of rotatable bonds is 6. The third-order valence-corrected chi connectivity index (χ3v) is 2.53. The van der Waals surface area contributed by atoms with Crippen molar-refractivity contribution in [2.45, 2.75) is 45.6 Å². The standard InChI is InChI=1S/C10H18ClN3/c1-2-3-4-5-6-7-14-8-9(11)10(12)13-14/h8H,2-7H2,1H3,(H2,12,13). The van der Waals surface area contributed by atoms with Crippen molar-refractivity contribution < 1.29 is 0 Å². The number of aromatic nitrogens is 2. The number of aryl methyl sites for hydroxylation is 1. The van der Waals surface area contributed by atoms with Gasteiger partial charge in [-0.1, -0.05) is 44.2 Å². The smallest absolute Gasteiger partial charge is 0.164 e. The van der Waals surface area contributed by atoms with Crippen molar-refractivity contribution >= 4 is 17.4 Å². The van der Waals surface area contributed by atoms with Crippen molar-refractivity contribution in [1.82, 2.24) is 9.78 Å². The van der Waals surface area contributed by atoms with Crippen LogP contribution in [0.2, 0.25) is 5.02 Å². The predicted molar refractivity (Wildman–Crippen MR) is 60.4 cm³/mol. The fraction of sp³-hybridized carbons (Fsp3) is 0.700. The fourth-order valence-corrected chi connectivity index (χ4v) is 1.55. The molecule has 1 heterocycles. The third kappa shape index (κ3) is 3.58. The van der Waals surface area contributed by atoms with E-state index in [9.17, 15) is 0 Å². The van der Waals surface area contributed by atoms with Gasteiger partial charge in [0, 0.05) is 12.7 Å². The van der Waals surface area contributed by atoms with Crippen LogP contribution in [0.15, 0.2) is 6.20 Å². The third-order valence-electron chi connectivity index (χ3n) is 2.23. The minimum Gasteiger partial charge on any atom is -0.381 e. The first-order valence-corrected chi connectivity index (χ1v) is 5.60. The van der Waals surface area contributed by atoms with E-state index in [1.54, 1.807) is 6.20 Å². The molecule has 80 valence electrons. The first kappa shape index (κ1) is 11.4. The first-order chi connectivity index (χ1) is 6.74. The number of nitrogen functional groups attached to an aromatic ring is 1. The average Bonchev–Trinajstić information content (AvgIpc) is 2.46. The quantitative estimate of drug-likeness (QED) is 0.742. The number of halogens is 1. The molecule has 0 aliphatic rings. The Hall–Kier alpha value is -0.700. The highest BCUT2D eigenvalue weighted by Crippen LogP contribution is 2.15. The van der Waals surface area contributed by atoms with Gasteiger partial charge in [0.1, 0.15) is 5.02 Å². The van der Waals surface area contributed by atoms with Crippen LogP contribution in [0.25, 0.3) is 0 Å². The van der Waals surface area contributed by atoms with Crippen molar-refractivity contribution in [3.8, 4) is 0 Å². The van der Waals surface area contributed by atoms with Crippen LogP contribution in [0.3, 0.4) is 0 Å². The molecule has 2 N–H and O–H groups in total. The molecule has 3 nitrogen and oxygen atoms in total. The van der Waals surface area contributed by atoms with E-state index in [1.807, 2.05) is 4.68 Å². The van der Waals surface area contributed by atoms with E-state index in [-0.39, 0.29) is 0 Å². The van der Waals surface area contributed by atoms with Gasteiger partial charge >= 0.3 is 0 Å². The number of anilines is 1. The minimum absolute atomic E-state index is 0.431. The molecule has 0 radical (unpaired) electrons. The molecular formula is C10H18ClN3. The summed E-state index contributed by atoms with van der Waals surface area (Å²) >= 11 is 5.78. The molecule has 1 aromatic rings. The van der Waals surface area contributed by atoms with Crippen LogP contribution < -0.4 is 5.73 Å². The number of unbranched alkanes of at least 4 members (excludes halogenated alkanes) is 4. The van der Waals surface area contributed by atoms with Crippen LogP contribution in [0.1, 0.15) is 39.0 Å². The van der Waals surface area contributed by atoms with E-state index >= 15 is 0 Å². The maximum atomic E-state index is 5.78. The Labute approximate surface area is 90.2 Å². The van der Waals surface area contributed by atoms with Crippen LogP contribution in [0, 0.1) is 0 Å². The van der Waals surface area contributed by atoms with Gasteiger partial charge in [0.2, 0.25) is 0 Å². The Morgan fingerprint density at radius 2 is 2.07 bits per heavy atom. The largest absolute Gasteiger partial charge is 0.381 e. The molecule has 0 amide bonds. The lowest BCUT2D eigenvalue weighted by atomic mass is 10.1. The topological polar surface area (TPSA) is 43.8 Å². The summed E-state index contributed by atoms with van der Waals surface area (Å²) in [5, 5.41) is 4.64. The molecule has 0 bridgehead atoms. The van der Waals surface area contributed by atoms with Crippen LogP contribution in [0.4, 0.5) is 5.82 Å². The van der Waals surface area contributed by atoms with E-state index in [0.717, 1.165) is 13.0 Å². The zero-order valence-electron chi connectivity index (χ0n) is 8.67. The SMILES string of the molecule is CCCCCCCn1cc(Cl)c(N)n1. The Bertz CT molecular complexity index is 251. The zero-order chi connectivity index (χ0) is 10.4. The molecule has 14 heavy (non-hydrogen) atoms. The monoisotopic (exact) mass is 215 g/mol. The highest BCUT2D eigenvalue weighted by atomic mass is 35.5. The summed E-state index contributed by atoms with van der Waals surface area (Å²) in [6, 6.07) is 0. The van der Waals surface area contributed by atoms with Gasteiger partial charge in [-0.15, -0.1) is 0 Å². The highest BCUT2D eigenvalue weighted by molar-refractivity contribution is 6.32. The lowest BCUT2D eigenvalue weighted by Gasteiger charge is -2.00. The summed E-state index contributed by atoms with van der Waals surface area (Å²) in [5.41, 5.74) is 5.53. The highest BCUT2D eigenvalue weighted by Gasteiger charge is 2.01. The van der Waals surface area contributed by atoms with E-state index in [0.29, 0.717) is 10.8 Å². The van der Waals surface area contributed by atoms with Crippen molar-refractivity contribution in [2.24, 2.45) is 0 Å². The summed E-state index contributed by atoms with van der Waals surface area (Å²) < 4.78 is 1.82. The molecule has 0 saturated carbocycles. The molecule has 1 aromatic heterocycles. The van der Waals surface area contributed by atoms with Crippen LogP contribution in [-0.4, -0.2) is 9.78 Å². The van der Waals surface area contributed by atoms with Crippen LogP contribution in [-0.2, 0) is 6.54 Å². The number of nitrogens with zero attached hydrogens (tertiary/aromatic N) is 2. The van der Waals surface area contributed by atoms with E-state index in [1.165, 1.54) is 25.7 Å². The fourth-order valence-electron chi connectivity index (χ4n) is 1.40. The Morgan fingerprint density at radius 1 is 1.36 bits per heavy atom. The Morgan fingerprint density at radius 3 is 2.64 bits per heavy atom. The van der Waals surface area contributed by atoms with Gasteiger partial charge in [-0.25, -0.2) is 0 Å². The lowest BCUT2D eigenvalue weighted by Crippen LogP contribution is -1.99. The zero-order valence-corrected chi connectivity index (χ0v) is 9.43. The van der Waals surface area contributed by atoms with Gasteiger partial charge in [-0.3, -0.25) is 4.68 Å². The van der Waals surface area contributed by atoms with Gasteiger partial charge in [0.05, 0.1) is 0 Å². The van der Waals surface area contributed by atoms with Crippen LogP contribution in [0.5, 0.6) is 0 Å². The number of hydrogen-bond acceptors (Lipinski definition) is 2. The summed E-state index contributed by atoms with van der Waals surface area (Å²) in [7, 11) is 0. The Balaban J connectivity index is 2.18. The lowest BCUT2D eigenvalue weighted by molar-refractivity contribution is 0.534. The van der Waals surface area contributed by atoms with Crippen molar-refractivity contribution in [3.63, 3.8) is 0 Å². The van der Waals surface area contributed by atoms with Gasteiger partial charge in [-0.05, 0) is 6.42 Å². The molecule has 0 spiro atoms. The van der Waals surface area contributed by atoms with E-state index in [4.69, 9.17) is 17.3 Å². The molecule has 0 aromatic carbocycles. The molecule has 0 aliphatic carbocycles. The van der Waals surface area contributed by atoms with E-state index in [2.05, 4.69) is 12.0 Å². The summed E-state index contributed by atoms with van der Waals surface area (Å²) in [6.07, 6.45) is 8.10. The second-order valence-corrected chi connectivity index (χ2v) is 3.95. The molecule has 4 heteroatoms. The maximum Gasteiger partial charge on any atom is 0.164 e. The Kier molecular flexibility index (Phi) is 4.80. The average molecular weight is 216 g/mol. The second-order valence-electron chi connectivity index (χ2n) is 3.54. The number of nitrogens with two attached hydrogens (primary N) is 1. The van der Waals surface area contributed by atoms with Crippen molar-refractivity contribution in [2.75, 3.05) is 5.73 Å². The van der Waals surface area contributed by atoms with Gasteiger partial charge < -0.3 is 5.73 Å².